The summed E-state index contributed by atoms with van der Waals surface area (Å²) in [6, 6.07) is 20.7. The van der Waals surface area contributed by atoms with Gasteiger partial charge in [-0.25, -0.2) is 4.39 Å². The van der Waals surface area contributed by atoms with Gasteiger partial charge in [0.25, 0.3) is 5.91 Å². The first-order valence-electron chi connectivity index (χ1n) is 12.8. The van der Waals surface area contributed by atoms with E-state index in [4.69, 9.17) is 9.47 Å². The van der Waals surface area contributed by atoms with Crippen molar-refractivity contribution >= 4 is 17.5 Å². The summed E-state index contributed by atoms with van der Waals surface area (Å²) in [6.45, 7) is 3.04. The van der Waals surface area contributed by atoms with Gasteiger partial charge in [-0.1, -0.05) is 42.5 Å². The summed E-state index contributed by atoms with van der Waals surface area (Å²) >= 11 is 0. The Bertz CT molecular complexity index is 1290. The third-order valence-electron chi connectivity index (χ3n) is 7.47. The van der Waals surface area contributed by atoms with Crippen molar-refractivity contribution < 1.29 is 23.5 Å². The highest BCUT2D eigenvalue weighted by molar-refractivity contribution is 6.01. The molecule has 0 radical (unpaired) electrons. The van der Waals surface area contributed by atoms with E-state index in [2.05, 4.69) is 4.90 Å². The number of anilines is 1. The molecule has 2 amide bonds. The van der Waals surface area contributed by atoms with E-state index in [0.717, 1.165) is 17.0 Å². The Hall–Kier alpha value is -3.91. The number of carbonyl (C=O) groups is 2. The maximum absolute atomic E-state index is 14.3. The molecule has 198 valence electrons. The summed E-state index contributed by atoms with van der Waals surface area (Å²) in [5, 5.41) is 0. The van der Waals surface area contributed by atoms with Crippen molar-refractivity contribution in [3.8, 4) is 5.75 Å². The maximum Gasteiger partial charge on any atom is 0.254 e. The number of ether oxygens (including phenoxy) is 2. The van der Waals surface area contributed by atoms with Crippen LogP contribution in [0.25, 0.3) is 0 Å². The van der Waals surface area contributed by atoms with Crippen molar-refractivity contribution in [1.29, 1.82) is 0 Å². The van der Waals surface area contributed by atoms with E-state index < -0.39 is 12.0 Å². The Labute approximate surface area is 222 Å². The molecule has 5 rings (SSSR count). The van der Waals surface area contributed by atoms with E-state index >= 15 is 0 Å². The molecule has 1 saturated heterocycles. The molecule has 2 aliphatic rings. The normalized spacial score (nSPS) is 19.3. The Morgan fingerprint density at radius 2 is 1.61 bits per heavy atom. The number of methoxy groups -OCH3 is 2. The lowest BCUT2D eigenvalue weighted by Gasteiger charge is -2.44. The number of amides is 2. The summed E-state index contributed by atoms with van der Waals surface area (Å²) in [4.78, 5) is 33.7. The van der Waals surface area contributed by atoms with Crippen LogP contribution in [0.3, 0.4) is 0 Å². The topological polar surface area (TPSA) is 62.3 Å². The molecule has 0 spiro atoms. The first-order valence-corrected chi connectivity index (χ1v) is 12.8. The minimum atomic E-state index is -0.621. The van der Waals surface area contributed by atoms with Crippen LogP contribution in [0.15, 0.2) is 72.8 Å². The van der Waals surface area contributed by atoms with Crippen LogP contribution in [-0.2, 0) is 9.53 Å². The second-order valence-corrected chi connectivity index (χ2v) is 9.54. The summed E-state index contributed by atoms with van der Waals surface area (Å²) in [5.41, 5.74) is 2.95. The van der Waals surface area contributed by atoms with Gasteiger partial charge < -0.3 is 24.2 Å². The van der Waals surface area contributed by atoms with Gasteiger partial charge >= 0.3 is 0 Å². The van der Waals surface area contributed by atoms with Gasteiger partial charge in [-0.2, -0.15) is 0 Å². The lowest BCUT2D eigenvalue weighted by molar-refractivity contribution is -0.135. The highest BCUT2D eigenvalue weighted by Gasteiger charge is 2.45. The number of para-hydroxylation sites is 2. The molecule has 0 saturated carbocycles. The van der Waals surface area contributed by atoms with Gasteiger partial charge in [-0.15, -0.1) is 0 Å². The first kappa shape index (κ1) is 25.7. The summed E-state index contributed by atoms with van der Waals surface area (Å²) < 4.78 is 24.7. The Morgan fingerprint density at radius 1 is 0.921 bits per heavy atom. The second kappa shape index (κ2) is 11.2. The average Bonchev–Trinajstić information content (AvgIpc) is 2.97. The average molecular weight is 518 g/mol. The van der Waals surface area contributed by atoms with Gasteiger partial charge in [0.15, 0.2) is 0 Å². The molecule has 2 heterocycles. The highest BCUT2D eigenvalue weighted by Crippen LogP contribution is 2.44. The fourth-order valence-electron chi connectivity index (χ4n) is 5.58. The lowest BCUT2D eigenvalue weighted by Crippen LogP contribution is -2.53. The SMILES string of the molecule is COCCN1C(=O)c2ccccc2[C@@H](C(=O)N2CCN(c3ccccc3OC)CC2)[C@H]1c1ccc(F)cc1. The molecule has 8 heteroatoms. The van der Waals surface area contributed by atoms with Gasteiger partial charge in [0.2, 0.25) is 5.91 Å². The van der Waals surface area contributed by atoms with Crippen LogP contribution in [0.5, 0.6) is 5.75 Å². The third-order valence-corrected chi connectivity index (χ3v) is 7.47. The van der Waals surface area contributed by atoms with Crippen LogP contribution in [0.4, 0.5) is 10.1 Å². The van der Waals surface area contributed by atoms with Gasteiger partial charge in [-0.05, 0) is 41.5 Å². The zero-order chi connectivity index (χ0) is 26.6. The van der Waals surface area contributed by atoms with Crippen molar-refractivity contribution in [3.05, 3.63) is 95.3 Å². The van der Waals surface area contributed by atoms with E-state index in [9.17, 15) is 14.0 Å². The quantitative estimate of drug-likeness (QED) is 0.472. The molecule has 0 bridgehead atoms. The molecular weight excluding hydrogens is 485 g/mol. The van der Waals surface area contributed by atoms with Gasteiger partial charge in [0.1, 0.15) is 11.6 Å². The number of carbonyl (C=O) groups excluding carboxylic acids is 2. The lowest BCUT2D eigenvalue weighted by atomic mass is 9.78. The smallest absolute Gasteiger partial charge is 0.254 e. The van der Waals surface area contributed by atoms with Gasteiger partial charge in [-0.3, -0.25) is 9.59 Å². The predicted molar refractivity (Wildman–Crippen MR) is 143 cm³/mol. The number of rotatable bonds is 7. The summed E-state index contributed by atoms with van der Waals surface area (Å²) in [5.74, 6) is -0.380. The van der Waals surface area contributed by atoms with E-state index in [1.54, 1.807) is 37.3 Å². The number of fused-ring (bicyclic) bond motifs is 1. The van der Waals surface area contributed by atoms with Crippen molar-refractivity contribution in [2.75, 3.05) is 58.5 Å². The third kappa shape index (κ3) is 4.84. The van der Waals surface area contributed by atoms with Crippen LogP contribution >= 0.6 is 0 Å². The molecule has 0 aliphatic carbocycles. The molecule has 3 aromatic carbocycles. The summed E-state index contributed by atoms with van der Waals surface area (Å²) in [6.07, 6.45) is 0. The standard InChI is InChI=1S/C30H32FN3O4/c1-37-20-19-34-28(21-11-13-22(31)14-12-21)27(23-7-3-4-8-24(23)29(34)35)30(36)33-17-15-32(16-18-33)25-9-5-6-10-26(25)38-2/h3-14,27-28H,15-20H2,1-2H3/t27-,28-/m1/s1. The molecule has 2 atom stereocenters. The molecule has 0 unspecified atom stereocenters. The largest absolute Gasteiger partial charge is 0.495 e. The molecule has 38 heavy (non-hydrogen) atoms. The maximum atomic E-state index is 14.3. The first-order chi connectivity index (χ1) is 18.5. The minimum absolute atomic E-state index is 0.0404. The van der Waals surface area contributed by atoms with Crippen molar-refractivity contribution in [2.24, 2.45) is 0 Å². The Kier molecular flexibility index (Phi) is 7.60. The monoisotopic (exact) mass is 517 g/mol. The van der Waals surface area contributed by atoms with Crippen LogP contribution in [0.1, 0.15) is 33.4 Å². The molecule has 2 aliphatic heterocycles. The van der Waals surface area contributed by atoms with E-state index in [1.807, 2.05) is 47.4 Å². The number of halogens is 1. The zero-order valence-corrected chi connectivity index (χ0v) is 21.7. The zero-order valence-electron chi connectivity index (χ0n) is 21.7. The highest BCUT2D eigenvalue weighted by atomic mass is 19.1. The van der Waals surface area contributed by atoms with Crippen LogP contribution < -0.4 is 9.64 Å². The van der Waals surface area contributed by atoms with Crippen molar-refractivity contribution in [2.45, 2.75) is 12.0 Å². The van der Waals surface area contributed by atoms with Gasteiger partial charge in [0.05, 0.1) is 31.4 Å². The number of hydrogen-bond acceptors (Lipinski definition) is 5. The molecule has 3 aromatic rings. The number of nitrogens with zero attached hydrogens (tertiary/aromatic N) is 3. The Morgan fingerprint density at radius 3 is 2.32 bits per heavy atom. The number of hydrogen-bond donors (Lipinski definition) is 0. The van der Waals surface area contributed by atoms with Crippen LogP contribution in [0.2, 0.25) is 0 Å². The predicted octanol–water partition coefficient (Wildman–Crippen LogP) is 4.11. The van der Waals surface area contributed by atoms with Crippen molar-refractivity contribution in [3.63, 3.8) is 0 Å². The van der Waals surface area contributed by atoms with Crippen LogP contribution in [-0.4, -0.2) is 75.2 Å². The Balaban J connectivity index is 1.48. The fourth-order valence-corrected chi connectivity index (χ4v) is 5.58. The van der Waals surface area contributed by atoms with E-state index in [0.29, 0.717) is 50.5 Å². The molecule has 0 aromatic heterocycles. The molecule has 1 fully saturated rings. The van der Waals surface area contributed by atoms with Crippen molar-refractivity contribution in [1.82, 2.24) is 9.80 Å². The van der Waals surface area contributed by atoms with E-state index in [-0.39, 0.29) is 17.6 Å². The number of piperazine rings is 1. The second-order valence-electron chi connectivity index (χ2n) is 9.54. The molecule has 0 N–H and O–H groups in total. The van der Waals surface area contributed by atoms with E-state index in [1.165, 1.54) is 12.1 Å². The summed E-state index contributed by atoms with van der Waals surface area (Å²) in [7, 11) is 3.24. The fraction of sp³-hybridized carbons (Fsp3) is 0.333. The molecule has 7 nitrogen and oxygen atoms in total. The van der Waals surface area contributed by atoms with Gasteiger partial charge in [0, 0.05) is 45.4 Å². The van der Waals surface area contributed by atoms with Crippen LogP contribution in [0, 0.1) is 5.82 Å². The minimum Gasteiger partial charge on any atom is -0.495 e. The number of benzene rings is 3. The molecular formula is C30H32FN3O4.